The fourth-order valence-electron chi connectivity index (χ4n) is 4.35. The van der Waals surface area contributed by atoms with E-state index < -0.39 is 0 Å². The van der Waals surface area contributed by atoms with Crippen molar-refractivity contribution in [2.75, 3.05) is 20.8 Å². The minimum absolute atomic E-state index is 0.236. The van der Waals surface area contributed by atoms with Gasteiger partial charge in [-0.2, -0.15) is 5.10 Å². The van der Waals surface area contributed by atoms with Gasteiger partial charge in [-0.3, -0.25) is 14.7 Å². The Labute approximate surface area is 214 Å². The first-order valence-corrected chi connectivity index (χ1v) is 12.3. The first-order valence-electron chi connectivity index (χ1n) is 12.3. The second kappa shape index (κ2) is 10.7. The lowest BCUT2D eigenvalue weighted by molar-refractivity contribution is 0.0942. The summed E-state index contributed by atoms with van der Waals surface area (Å²) in [5, 5.41) is 13.3. The lowest BCUT2D eigenvalue weighted by atomic mass is 9.86. The highest BCUT2D eigenvalue weighted by Gasteiger charge is 2.20. The first-order chi connectivity index (χ1) is 18.1. The van der Waals surface area contributed by atoms with E-state index in [9.17, 15) is 9.59 Å². The van der Waals surface area contributed by atoms with Crippen molar-refractivity contribution in [1.29, 1.82) is 0 Å². The second-order valence-electron chi connectivity index (χ2n) is 9.09. The number of fused-ring (bicyclic) bond motifs is 1. The maximum Gasteiger partial charge on any atom is 0.272 e. The number of nitrogens with zero attached hydrogens (tertiary/aromatic N) is 2. The molecule has 2 heterocycles. The predicted octanol–water partition coefficient (Wildman–Crippen LogP) is 4.10. The average Bonchev–Trinajstić information content (AvgIpc) is 3.34. The fourth-order valence-corrected chi connectivity index (χ4v) is 4.35. The number of H-pyrrole nitrogens is 1. The molecule has 0 spiro atoms. The average molecular weight is 500 g/mol. The topological polar surface area (TPSA) is 118 Å². The zero-order valence-electron chi connectivity index (χ0n) is 20.8. The van der Waals surface area contributed by atoms with E-state index in [1.54, 1.807) is 19.3 Å². The van der Waals surface area contributed by atoms with Gasteiger partial charge in [-0.05, 0) is 48.6 Å². The number of benzene rings is 2. The number of pyridine rings is 1. The molecule has 9 heteroatoms. The molecular formula is C28H29N5O4. The standard InChI is InChI=1S/C28H29N5O4/c1-29-27(35)25-21-11-10-18(13-23(21)32-33-25)20-12-22(28(36-2)31-15-20)26(34)30-14-19-8-3-4-9-24(19)37-16-17-6-5-7-17/h3-4,8-13,15,17H,5-7,14,16H2,1-2H3,(H,29,35)(H,30,34)(H,32,33). The van der Waals surface area contributed by atoms with E-state index >= 15 is 0 Å². The van der Waals surface area contributed by atoms with Crippen LogP contribution in [0.1, 0.15) is 45.7 Å². The van der Waals surface area contributed by atoms with Gasteiger partial charge >= 0.3 is 0 Å². The molecule has 3 N–H and O–H groups in total. The van der Waals surface area contributed by atoms with Gasteiger partial charge in [0.05, 0.1) is 19.2 Å². The fraction of sp³-hybridized carbons (Fsp3) is 0.286. The third-order valence-corrected chi connectivity index (χ3v) is 6.74. The van der Waals surface area contributed by atoms with Crippen LogP contribution in [-0.2, 0) is 6.54 Å². The third kappa shape index (κ3) is 5.11. The van der Waals surface area contributed by atoms with E-state index in [4.69, 9.17) is 9.47 Å². The monoisotopic (exact) mass is 499 g/mol. The summed E-state index contributed by atoms with van der Waals surface area (Å²) in [4.78, 5) is 29.6. The molecule has 0 atom stereocenters. The minimum atomic E-state index is -0.301. The van der Waals surface area contributed by atoms with E-state index in [0.29, 0.717) is 41.2 Å². The van der Waals surface area contributed by atoms with Crippen LogP contribution < -0.4 is 20.1 Å². The molecule has 9 nitrogen and oxygen atoms in total. The molecule has 1 aliphatic rings. The molecule has 37 heavy (non-hydrogen) atoms. The zero-order valence-corrected chi connectivity index (χ0v) is 20.8. The highest BCUT2D eigenvalue weighted by molar-refractivity contribution is 6.05. The summed E-state index contributed by atoms with van der Waals surface area (Å²) in [6, 6.07) is 15.1. The Morgan fingerprint density at radius 3 is 2.68 bits per heavy atom. The van der Waals surface area contributed by atoms with Crippen molar-refractivity contribution in [2.45, 2.75) is 25.8 Å². The molecular weight excluding hydrogens is 470 g/mol. The van der Waals surface area contributed by atoms with Gasteiger partial charge in [-0.15, -0.1) is 0 Å². The van der Waals surface area contributed by atoms with Gasteiger partial charge in [-0.25, -0.2) is 4.98 Å². The third-order valence-electron chi connectivity index (χ3n) is 6.74. The van der Waals surface area contributed by atoms with Crippen molar-refractivity contribution in [3.63, 3.8) is 0 Å². The number of aromatic nitrogens is 3. The Balaban J connectivity index is 1.35. The second-order valence-corrected chi connectivity index (χ2v) is 9.09. The Morgan fingerprint density at radius 2 is 1.92 bits per heavy atom. The normalized spacial score (nSPS) is 13.1. The van der Waals surface area contributed by atoms with Crippen molar-refractivity contribution >= 4 is 22.7 Å². The van der Waals surface area contributed by atoms with Crippen LogP contribution in [0.15, 0.2) is 54.7 Å². The SMILES string of the molecule is CNC(=O)c1n[nH]c2cc(-c3cnc(OC)c(C(=O)NCc4ccccc4OCC4CCC4)c3)ccc12. The Hall–Kier alpha value is -4.40. The Bertz CT molecular complexity index is 1440. The molecule has 4 aromatic rings. The number of para-hydroxylation sites is 1. The lowest BCUT2D eigenvalue weighted by Crippen LogP contribution is -2.24. The van der Waals surface area contributed by atoms with Gasteiger partial charge in [-0.1, -0.05) is 30.7 Å². The van der Waals surface area contributed by atoms with E-state index in [-0.39, 0.29) is 17.7 Å². The summed E-state index contributed by atoms with van der Waals surface area (Å²) < 4.78 is 11.4. The van der Waals surface area contributed by atoms with E-state index in [1.807, 2.05) is 42.5 Å². The summed E-state index contributed by atoms with van der Waals surface area (Å²) in [6.07, 6.45) is 5.35. The van der Waals surface area contributed by atoms with Crippen molar-refractivity contribution in [3.05, 3.63) is 71.5 Å². The number of methoxy groups -OCH3 is 1. The number of nitrogens with one attached hydrogen (secondary N) is 3. The molecule has 0 bridgehead atoms. The van der Waals surface area contributed by atoms with Gasteiger partial charge in [0.25, 0.3) is 11.8 Å². The number of aromatic amines is 1. The first kappa shape index (κ1) is 24.3. The van der Waals surface area contributed by atoms with Crippen molar-refractivity contribution < 1.29 is 19.1 Å². The number of ether oxygens (including phenoxy) is 2. The van der Waals surface area contributed by atoms with Crippen LogP contribution in [0.2, 0.25) is 0 Å². The molecule has 0 aliphatic heterocycles. The Kier molecular flexibility index (Phi) is 7.02. The molecule has 2 aromatic carbocycles. The smallest absolute Gasteiger partial charge is 0.272 e. The number of carbonyl (C=O) groups is 2. The number of hydrogen-bond acceptors (Lipinski definition) is 6. The van der Waals surface area contributed by atoms with Gasteiger partial charge in [0.2, 0.25) is 5.88 Å². The molecule has 0 unspecified atom stereocenters. The van der Waals surface area contributed by atoms with Crippen molar-refractivity contribution in [3.8, 4) is 22.8 Å². The van der Waals surface area contributed by atoms with E-state index in [0.717, 1.165) is 22.4 Å². The van der Waals surface area contributed by atoms with E-state index in [2.05, 4.69) is 25.8 Å². The Morgan fingerprint density at radius 1 is 1.08 bits per heavy atom. The summed E-state index contributed by atoms with van der Waals surface area (Å²) in [5.74, 6) is 1.08. The van der Waals surface area contributed by atoms with Crippen molar-refractivity contribution in [2.24, 2.45) is 5.92 Å². The van der Waals surface area contributed by atoms with Gasteiger partial charge < -0.3 is 20.1 Å². The summed E-state index contributed by atoms with van der Waals surface area (Å²) in [6.45, 7) is 1.02. The number of rotatable bonds is 9. The van der Waals surface area contributed by atoms with Gasteiger partial charge in [0, 0.05) is 36.3 Å². The molecule has 2 amide bonds. The van der Waals surface area contributed by atoms with Crippen LogP contribution in [0.25, 0.3) is 22.0 Å². The quantitative estimate of drug-likeness (QED) is 0.319. The maximum absolute atomic E-state index is 13.2. The van der Waals surface area contributed by atoms with Crippen LogP contribution >= 0.6 is 0 Å². The summed E-state index contributed by atoms with van der Waals surface area (Å²) >= 11 is 0. The highest BCUT2D eigenvalue weighted by atomic mass is 16.5. The molecule has 0 radical (unpaired) electrons. The molecule has 5 rings (SSSR count). The predicted molar refractivity (Wildman–Crippen MR) is 140 cm³/mol. The summed E-state index contributed by atoms with van der Waals surface area (Å²) in [7, 11) is 3.05. The number of amides is 2. The highest BCUT2D eigenvalue weighted by Crippen LogP contribution is 2.29. The van der Waals surface area contributed by atoms with Crippen LogP contribution in [-0.4, -0.2) is 47.8 Å². The number of hydrogen-bond donors (Lipinski definition) is 3. The van der Waals surface area contributed by atoms with Crippen LogP contribution in [0.4, 0.5) is 0 Å². The largest absolute Gasteiger partial charge is 0.493 e. The molecule has 1 saturated carbocycles. The lowest BCUT2D eigenvalue weighted by Gasteiger charge is -2.25. The zero-order chi connectivity index (χ0) is 25.8. The van der Waals surface area contributed by atoms with Crippen LogP contribution in [0.3, 0.4) is 0 Å². The van der Waals surface area contributed by atoms with E-state index in [1.165, 1.54) is 26.4 Å². The summed E-state index contributed by atoms with van der Waals surface area (Å²) in [5.41, 5.74) is 3.82. The van der Waals surface area contributed by atoms with Gasteiger partial charge in [0.15, 0.2) is 5.69 Å². The van der Waals surface area contributed by atoms with Crippen molar-refractivity contribution in [1.82, 2.24) is 25.8 Å². The molecule has 2 aromatic heterocycles. The maximum atomic E-state index is 13.2. The minimum Gasteiger partial charge on any atom is -0.493 e. The molecule has 1 fully saturated rings. The molecule has 0 saturated heterocycles. The molecule has 1 aliphatic carbocycles. The van der Waals surface area contributed by atoms with Crippen LogP contribution in [0.5, 0.6) is 11.6 Å². The van der Waals surface area contributed by atoms with Crippen LogP contribution in [0, 0.1) is 5.92 Å². The van der Waals surface area contributed by atoms with Gasteiger partial charge in [0.1, 0.15) is 11.3 Å². The number of carbonyl (C=O) groups excluding carboxylic acids is 2. The molecule has 190 valence electrons.